The van der Waals surface area contributed by atoms with Gasteiger partial charge in [-0.15, -0.1) is 0 Å². The molecule has 0 bridgehead atoms. The van der Waals surface area contributed by atoms with Crippen molar-refractivity contribution < 1.29 is 4.79 Å². The Morgan fingerprint density at radius 3 is 2.57 bits per heavy atom. The molecule has 6 N–H and O–H groups in total. The van der Waals surface area contributed by atoms with Gasteiger partial charge in [0.05, 0.1) is 6.07 Å². The Kier molecular flexibility index (Phi) is 9.38. The van der Waals surface area contributed by atoms with Gasteiger partial charge in [-0.2, -0.15) is 5.26 Å². The molecule has 0 aromatic rings. The smallest absolute Gasteiger partial charge is 0.239 e. The van der Waals surface area contributed by atoms with E-state index in [1.807, 2.05) is 0 Å². The fourth-order valence-corrected chi connectivity index (χ4v) is 7.65. The minimum Gasteiger partial charge on any atom is -0.352 e. The number of nitrogens with zero attached hydrogens (tertiary/aromatic N) is 2. The van der Waals surface area contributed by atoms with Crippen LogP contribution in [-0.4, -0.2) is 73.1 Å². The SMILES string of the molecule is CC1CC(C(=O)NC2CCC(NC3NCCC(C4CCCNC4)N3)C(C)C2)N(C2CCC(C#N)CC2)N1. The number of nitriles is 1. The maximum Gasteiger partial charge on any atom is 0.239 e. The molecular weight excluding hydrogens is 464 g/mol. The molecule has 0 aromatic carbocycles. The van der Waals surface area contributed by atoms with Gasteiger partial charge in [-0.3, -0.25) is 26.2 Å². The summed E-state index contributed by atoms with van der Waals surface area (Å²) in [5.41, 5.74) is 3.57. The first kappa shape index (κ1) is 27.3. The molecule has 0 radical (unpaired) electrons. The summed E-state index contributed by atoms with van der Waals surface area (Å²) in [6.07, 6.45) is 11.9. The average molecular weight is 515 g/mol. The highest BCUT2D eigenvalue weighted by Gasteiger charge is 2.41. The predicted molar refractivity (Wildman–Crippen MR) is 145 cm³/mol. The van der Waals surface area contributed by atoms with E-state index in [-0.39, 0.29) is 30.2 Å². The number of hydrogen-bond acceptors (Lipinski definition) is 8. The molecule has 3 aliphatic heterocycles. The Morgan fingerprint density at radius 2 is 1.84 bits per heavy atom. The normalized spacial score (nSPS) is 43.7. The number of hydrazine groups is 1. The second-order valence-electron chi connectivity index (χ2n) is 12.6. The number of hydrogen-bond donors (Lipinski definition) is 6. The van der Waals surface area contributed by atoms with Gasteiger partial charge in [0.1, 0.15) is 12.3 Å². The van der Waals surface area contributed by atoms with Crippen LogP contribution in [0.25, 0.3) is 0 Å². The minimum atomic E-state index is -0.105. The molecule has 8 unspecified atom stereocenters. The van der Waals surface area contributed by atoms with Crippen molar-refractivity contribution in [1.82, 2.24) is 37.0 Å². The number of nitrogens with one attached hydrogen (secondary N) is 6. The van der Waals surface area contributed by atoms with Crippen LogP contribution >= 0.6 is 0 Å². The lowest BCUT2D eigenvalue weighted by molar-refractivity contribution is -0.128. The van der Waals surface area contributed by atoms with Gasteiger partial charge in [0, 0.05) is 36.1 Å². The van der Waals surface area contributed by atoms with E-state index in [9.17, 15) is 10.1 Å². The Hall–Kier alpha value is -1.28. The van der Waals surface area contributed by atoms with Gasteiger partial charge >= 0.3 is 0 Å². The zero-order valence-corrected chi connectivity index (χ0v) is 23.0. The minimum absolute atomic E-state index is 0.105. The summed E-state index contributed by atoms with van der Waals surface area (Å²) in [4.78, 5) is 13.4. The molecule has 0 spiro atoms. The van der Waals surface area contributed by atoms with Gasteiger partial charge in [0.15, 0.2) is 0 Å². The molecule has 0 aromatic heterocycles. The molecule has 2 saturated carbocycles. The highest BCUT2D eigenvalue weighted by atomic mass is 16.2. The van der Waals surface area contributed by atoms with E-state index in [1.54, 1.807) is 0 Å². The molecule has 5 rings (SSSR count). The lowest BCUT2D eigenvalue weighted by atomic mass is 9.82. The van der Waals surface area contributed by atoms with E-state index in [0.717, 1.165) is 76.9 Å². The third-order valence-corrected chi connectivity index (χ3v) is 9.84. The van der Waals surface area contributed by atoms with Crippen molar-refractivity contribution in [2.45, 2.75) is 127 Å². The number of carbonyl (C=O) groups is 1. The Bertz CT molecular complexity index is 790. The topological polar surface area (TPSA) is 116 Å². The van der Waals surface area contributed by atoms with E-state index in [4.69, 9.17) is 0 Å². The molecular formula is C28H50N8O. The van der Waals surface area contributed by atoms with Crippen LogP contribution in [0.15, 0.2) is 0 Å². The van der Waals surface area contributed by atoms with E-state index in [2.05, 4.69) is 56.9 Å². The van der Waals surface area contributed by atoms with E-state index >= 15 is 0 Å². The number of amides is 1. The van der Waals surface area contributed by atoms with Gasteiger partial charge < -0.3 is 10.6 Å². The molecule has 3 saturated heterocycles. The zero-order valence-electron chi connectivity index (χ0n) is 23.0. The summed E-state index contributed by atoms with van der Waals surface area (Å²) in [5.74, 6) is 1.61. The van der Waals surface area contributed by atoms with Crippen molar-refractivity contribution in [2.24, 2.45) is 17.8 Å². The first-order chi connectivity index (χ1) is 18.0. The maximum atomic E-state index is 13.4. The Labute approximate surface area is 223 Å². The van der Waals surface area contributed by atoms with Crippen LogP contribution < -0.4 is 32.0 Å². The number of rotatable bonds is 6. The van der Waals surface area contributed by atoms with Gasteiger partial charge in [-0.25, -0.2) is 5.01 Å². The maximum absolute atomic E-state index is 13.4. The van der Waals surface area contributed by atoms with Gasteiger partial charge in [0.2, 0.25) is 5.91 Å². The molecule has 8 atom stereocenters. The lowest BCUT2D eigenvalue weighted by Crippen LogP contribution is -2.66. The summed E-state index contributed by atoms with van der Waals surface area (Å²) >= 11 is 0. The van der Waals surface area contributed by atoms with Crippen molar-refractivity contribution in [3.05, 3.63) is 0 Å². The fraction of sp³-hybridized carbons (Fsp3) is 0.929. The summed E-state index contributed by atoms with van der Waals surface area (Å²) in [6.45, 7) is 7.87. The molecule has 208 valence electrons. The highest BCUT2D eigenvalue weighted by Crippen LogP contribution is 2.31. The third-order valence-electron chi connectivity index (χ3n) is 9.84. The van der Waals surface area contributed by atoms with Crippen LogP contribution in [0.1, 0.15) is 84.5 Å². The third kappa shape index (κ3) is 6.84. The van der Waals surface area contributed by atoms with E-state index in [0.29, 0.717) is 30.1 Å². The van der Waals surface area contributed by atoms with Crippen molar-refractivity contribution in [2.75, 3.05) is 19.6 Å². The van der Waals surface area contributed by atoms with Crippen molar-refractivity contribution >= 4 is 5.91 Å². The van der Waals surface area contributed by atoms with Crippen molar-refractivity contribution in [3.8, 4) is 6.07 Å². The molecule has 5 aliphatic rings. The summed E-state index contributed by atoms with van der Waals surface area (Å²) in [7, 11) is 0. The lowest BCUT2D eigenvalue weighted by Gasteiger charge is -2.43. The average Bonchev–Trinajstić information content (AvgIpc) is 3.33. The standard InChI is InChI=1S/C28H50N8O/c1-18-14-22(7-10-24(18)33-28-31-13-11-25(34-28)21-4-3-12-30-17-21)32-27(37)26-15-19(2)35-36(26)23-8-5-20(16-29)6-9-23/h18-26,28,30-31,33-35H,3-15,17H2,1-2H3,(H,32,37). The summed E-state index contributed by atoms with van der Waals surface area (Å²) in [5, 5.41) is 29.9. The second-order valence-corrected chi connectivity index (χ2v) is 12.6. The molecule has 9 heteroatoms. The fourth-order valence-electron chi connectivity index (χ4n) is 7.65. The Balaban J connectivity index is 1.08. The largest absolute Gasteiger partial charge is 0.352 e. The first-order valence-electron chi connectivity index (χ1n) is 15.2. The molecule has 5 fully saturated rings. The van der Waals surface area contributed by atoms with E-state index < -0.39 is 0 Å². The molecule has 9 nitrogen and oxygen atoms in total. The van der Waals surface area contributed by atoms with Crippen LogP contribution in [0.3, 0.4) is 0 Å². The van der Waals surface area contributed by atoms with Crippen molar-refractivity contribution in [3.63, 3.8) is 0 Å². The molecule has 2 aliphatic carbocycles. The molecule has 37 heavy (non-hydrogen) atoms. The van der Waals surface area contributed by atoms with Crippen molar-refractivity contribution in [1.29, 1.82) is 5.26 Å². The molecule has 1 amide bonds. The first-order valence-corrected chi connectivity index (χ1v) is 15.2. The number of piperidine rings is 1. The van der Waals surface area contributed by atoms with Crippen LogP contribution in [0.2, 0.25) is 0 Å². The molecule has 3 heterocycles. The Morgan fingerprint density at radius 1 is 1.00 bits per heavy atom. The summed E-state index contributed by atoms with van der Waals surface area (Å²) < 4.78 is 0. The van der Waals surface area contributed by atoms with Crippen LogP contribution in [0.4, 0.5) is 0 Å². The van der Waals surface area contributed by atoms with Gasteiger partial charge in [-0.1, -0.05) is 6.92 Å². The second kappa shape index (κ2) is 12.7. The van der Waals surface area contributed by atoms with Crippen LogP contribution in [-0.2, 0) is 4.79 Å². The van der Waals surface area contributed by atoms with E-state index in [1.165, 1.54) is 19.3 Å². The summed E-state index contributed by atoms with van der Waals surface area (Å²) in [6, 6.07) is 4.28. The zero-order chi connectivity index (χ0) is 25.8. The van der Waals surface area contributed by atoms with Crippen LogP contribution in [0.5, 0.6) is 0 Å². The van der Waals surface area contributed by atoms with Crippen LogP contribution in [0, 0.1) is 29.1 Å². The van der Waals surface area contributed by atoms with Gasteiger partial charge in [0.25, 0.3) is 0 Å². The monoisotopic (exact) mass is 514 g/mol. The highest BCUT2D eigenvalue weighted by molar-refractivity contribution is 5.82. The van der Waals surface area contributed by atoms with Gasteiger partial charge in [-0.05, 0) is 109 Å². The number of carbonyl (C=O) groups excluding carboxylic acids is 1. The quantitative estimate of drug-likeness (QED) is 0.316. The predicted octanol–water partition coefficient (Wildman–Crippen LogP) is 1.53.